The summed E-state index contributed by atoms with van der Waals surface area (Å²) in [5.74, 6) is 0.752. The molecule has 1 nitrogen and oxygen atoms in total. The first-order valence-electron chi connectivity index (χ1n) is 7.68. The lowest BCUT2D eigenvalue weighted by molar-refractivity contribution is 0.439. The maximum Gasteiger partial charge on any atom is 0.0323 e. The fourth-order valence-corrected chi connectivity index (χ4v) is 3.74. The van der Waals surface area contributed by atoms with Crippen LogP contribution in [0.4, 0.5) is 0 Å². The van der Waals surface area contributed by atoms with Crippen molar-refractivity contribution in [1.29, 1.82) is 0 Å². The molecule has 0 heterocycles. The minimum atomic E-state index is 0.605. The third-order valence-electron chi connectivity index (χ3n) is 4.79. The number of benzene rings is 1. The molecule has 0 fully saturated rings. The molecule has 0 saturated heterocycles. The van der Waals surface area contributed by atoms with Gasteiger partial charge < -0.3 is 5.32 Å². The average molecular weight is 243 g/mol. The van der Waals surface area contributed by atoms with Crippen molar-refractivity contribution >= 4 is 0 Å². The topological polar surface area (TPSA) is 12.0 Å². The summed E-state index contributed by atoms with van der Waals surface area (Å²) in [5.41, 5.74) is 6.52. The van der Waals surface area contributed by atoms with Gasteiger partial charge in [-0.05, 0) is 73.2 Å². The SMILES string of the molecule is CCNC1CCC(C)c2cc3c(cc21)CCCC3. The molecule has 0 bridgehead atoms. The minimum Gasteiger partial charge on any atom is -0.310 e. The summed E-state index contributed by atoms with van der Waals surface area (Å²) in [6, 6.07) is 5.68. The number of hydrogen-bond donors (Lipinski definition) is 1. The fraction of sp³-hybridized carbons (Fsp3) is 0.647. The highest BCUT2D eigenvalue weighted by molar-refractivity contribution is 5.44. The molecule has 0 amide bonds. The van der Waals surface area contributed by atoms with Crippen molar-refractivity contribution in [2.45, 2.75) is 64.3 Å². The molecule has 1 heteroatoms. The van der Waals surface area contributed by atoms with E-state index in [9.17, 15) is 0 Å². The molecule has 98 valence electrons. The van der Waals surface area contributed by atoms with Gasteiger partial charge in [0.05, 0.1) is 0 Å². The Bertz CT molecular complexity index is 435. The summed E-state index contributed by atoms with van der Waals surface area (Å²) < 4.78 is 0. The summed E-state index contributed by atoms with van der Waals surface area (Å²) >= 11 is 0. The Morgan fingerprint density at radius 3 is 2.39 bits per heavy atom. The average Bonchev–Trinajstić information content (AvgIpc) is 2.41. The van der Waals surface area contributed by atoms with Crippen molar-refractivity contribution in [3.05, 3.63) is 34.4 Å². The van der Waals surface area contributed by atoms with Crippen LogP contribution < -0.4 is 5.32 Å². The van der Waals surface area contributed by atoms with Gasteiger partial charge in [-0.3, -0.25) is 0 Å². The Kier molecular flexibility index (Phi) is 3.43. The molecule has 0 aliphatic heterocycles. The molecule has 1 aromatic carbocycles. The second-order valence-electron chi connectivity index (χ2n) is 6.05. The van der Waals surface area contributed by atoms with Gasteiger partial charge in [0.1, 0.15) is 0 Å². The van der Waals surface area contributed by atoms with E-state index in [1.807, 2.05) is 0 Å². The van der Waals surface area contributed by atoms with Gasteiger partial charge in [0.2, 0.25) is 0 Å². The van der Waals surface area contributed by atoms with Crippen LogP contribution in [-0.2, 0) is 12.8 Å². The van der Waals surface area contributed by atoms with Crippen LogP contribution in [0.5, 0.6) is 0 Å². The van der Waals surface area contributed by atoms with E-state index in [-0.39, 0.29) is 0 Å². The van der Waals surface area contributed by atoms with Gasteiger partial charge in [-0.1, -0.05) is 26.0 Å². The van der Waals surface area contributed by atoms with Crippen LogP contribution in [0.15, 0.2) is 12.1 Å². The molecule has 0 radical (unpaired) electrons. The molecule has 1 N–H and O–H groups in total. The Balaban J connectivity index is 2.03. The second kappa shape index (κ2) is 5.05. The van der Waals surface area contributed by atoms with Crippen LogP contribution in [0.3, 0.4) is 0 Å². The van der Waals surface area contributed by atoms with Crippen LogP contribution in [0.1, 0.15) is 73.7 Å². The fourth-order valence-electron chi connectivity index (χ4n) is 3.74. The lowest BCUT2D eigenvalue weighted by atomic mass is 9.77. The Morgan fingerprint density at radius 1 is 1.06 bits per heavy atom. The first-order valence-corrected chi connectivity index (χ1v) is 7.68. The molecular weight excluding hydrogens is 218 g/mol. The van der Waals surface area contributed by atoms with Gasteiger partial charge >= 0.3 is 0 Å². The minimum absolute atomic E-state index is 0.605. The third-order valence-corrected chi connectivity index (χ3v) is 4.79. The highest BCUT2D eigenvalue weighted by Crippen LogP contribution is 2.39. The van der Waals surface area contributed by atoms with E-state index in [4.69, 9.17) is 0 Å². The molecule has 18 heavy (non-hydrogen) atoms. The molecule has 0 saturated carbocycles. The van der Waals surface area contributed by atoms with Crippen LogP contribution in [0.2, 0.25) is 0 Å². The van der Waals surface area contributed by atoms with Crippen LogP contribution >= 0.6 is 0 Å². The summed E-state index contributed by atoms with van der Waals surface area (Å²) in [6.45, 7) is 5.70. The molecule has 0 aromatic heterocycles. The van der Waals surface area contributed by atoms with E-state index in [0.717, 1.165) is 12.5 Å². The number of hydrogen-bond acceptors (Lipinski definition) is 1. The zero-order chi connectivity index (χ0) is 12.5. The summed E-state index contributed by atoms with van der Waals surface area (Å²) in [5, 5.41) is 3.67. The van der Waals surface area contributed by atoms with Crippen molar-refractivity contribution in [3.63, 3.8) is 0 Å². The quantitative estimate of drug-likeness (QED) is 0.824. The van der Waals surface area contributed by atoms with E-state index in [1.54, 1.807) is 22.3 Å². The van der Waals surface area contributed by atoms with E-state index >= 15 is 0 Å². The van der Waals surface area contributed by atoms with Gasteiger partial charge in [-0.15, -0.1) is 0 Å². The first kappa shape index (κ1) is 12.2. The normalized spacial score (nSPS) is 26.6. The molecule has 2 aliphatic rings. The predicted molar refractivity (Wildman–Crippen MR) is 77.2 cm³/mol. The third kappa shape index (κ3) is 2.09. The van der Waals surface area contributed by atoms with Crippen molar-refractivity contribution in [2.24, 2.45) is 0 Å². The Hall–Kier alpha value is -0.820. The maximum absolute atomic E-state index is 3.67. The van der Waals surface area contributed by atoms with E-state index in [1.165, 1.54) is 38.5 Å². The largest absolute Gasteiger partial charge is 0.310 e. The highest BCUT2D eigenvalue weighted by atomic mass is 14.9. The van der Waals surface area contributed by atoms with Crippen molar-refractivity contribution in [3.8, 4) is 0 Å². The van der Waals surface area contributed by atoms with E-state index in [0.29, 0.717) is 6.04 Å². The number of fused-ring (bicyclic) bond motifs is 2. The lowest BCUT2D eigenvalue weighted by Crippen LogP contribution is -2.26. The molecule has 1 aromatic rings. The Labute approximate surface area is 111 Å². The number of nitrogens with one attached hydrogen (secondary N) is 1. The smallest absolute Gasteiger partial charge is 0.0323 e. The summed E-state index contributed by atoms with van der Waals surface area (Å²) in [4.78, 5) is 0. The van der Waals surface area contributed by atoms with Crippen LogP contribution in [-0.4, -0.2) is 6.54 Å². The van der Waals surface area contributed by atoms with Gasteiger partial charge in [-0.25, -0.2) is 0 Å². The molecule has 2 atom stereocenters. The van der Waals surface area contributed by atoms with E-state index < -0.39 is 0 Å². The van der Waals surface area contributed by atoms with Crippen LogP contribution in [0, 0.1) is 0 Å². The maximum atomic E-state index is 3.67. The van der Waals surface area contributed by atoms with Crippen molar-refractivity contribution in [2.75, 3.05) is 6.54 Å². The van der Waals surface area contributed by atoms with Gasteiger partial charge in [0.25, 0.3) is 0 Å². The van der Waals surface area contributed by atoms with Crippen molar-refractivity contribution in [1.82, 2.24) is 5.32 Å². The second-order valence-corrected chi connectivity index (χ2v) is 6.05. The summed E-state index contributed by atoms with van der Waals surface area (Å²) in [6.07, 6.45) is 8.02. The molecule has 2 unspecified atom stereocenters. The monoisotopic (exact) mass is 243 g/mol. The summed E-state index contributed by atoms with van der Waals surface area (Å²) in [7, 11) is 0. The van der Waals surface area contributed by atoms with Gasteiger partial charge in [-0.2, -0.15) is 0 Å². The number of aryl methyl sites for hydroxylation is 2. The van der Waals surface area contributed by atoms with Crippen LogP contribution in [0.25, 0.3) is 0 Å². The number of rotatable bonds is 2. The molecule has 0 spiro atoms. The van der Waals surface area contributed by atoms with Crippen molar-refractivity contribution < 1.29 is 0 Å². The van der Waals surface area contributed by atoms with Gasteiger partial charge in [0.15, 0.2) is 0 Å². The highest BCUT2D eigenvalue weighted by Gasteiger charge is 2.26. The first-order chi connectivity index (χ1) is 8.79. The zero-order valence-corrected chi connectivity index (χ0v) is 11.8. The van der Waals surface area contributed by atoms with E-state index in [2.05, 4.69) is 31.3 Å². The molecule has 2 aliphatic carbocycles. The molecule has 3 rings (SSSR count). The lowest BCUT2D eigenvalue weighted by Gasteiger charge is -2.32. The Morgan fingerprint density at radius 2 is 1.72 bits per heavy atom. The standard InChI is InChI=1S/C17H25N/c1-3-18-17-9-8-12(2)15-10-13-6-4-5-7-14(13)11-16(15)17/h10-12,17-18H,3-9H2,1-2H3. The predicted octanol–water partition coefficient (Wildman–Crippen LogP) is 4.11. The molecular formula is C17H25N. The van der Waals surface area contributed by atoms with Gasteiger partial charge in [0, 0.05) is 6.04 Å². The zero-order valence-electron chi connectivity index (χ0n) is 11.8.